The van der Waals surface area contributed by atoms with Crippen molar-refractivity contribution < 1.29 is 23.9 Å². The van der Waals surface area contributed by atoms with E-state index in [2.05, 4.69) is 24.3 Å². The van der Waals surface area contributed by atoms with E-state index >= 15 is 0 Å². The van der Waals surface area contributed by atoms with E-state index in [1.807, 2.05) is 56.3 Å². The number of amides is 3. The second-order valence-electron chi connectivity index (χ2n) is 12.3. The molecule has 0 radical (unpaired) electrons. The fourth-order valence-corrected chi connectivity index (χ4v) is 8.13. The van der Waals surface area contributed by atoms with E-state index in [1.165, 1.54) is 4.90 Å². The third-order valence-corrected chi connectivity index (χ3v) is 9.91. The lowest BCUT2D eigenvalue weighted by Crippen LogP contribution is -2.41. The first-order valence-electron chi connectivity index (χ1n) is 15.1. The molecule has 3 aliphatic carbocycles. The Morgan fingerprint density at radius 1 is 0.705 bits per heavy atom. The van der Waals surface area contributed by atoms with Gasteiger partial charge in [-0.1, -0.05) is 72.8 Å². The Kier molecular flexibility index (Phi) is 5.88. The summed E-state index contributed by atoms with van der Waals surface area (Å²) in [5, 5.41) is 0. The van der Waals surface area contributed by atoms with Crippen LogP contribution in [0.5, 0.6) is 5.75 Å². The number of carbonyl (C=O) groups excluding carboxylic acids is 4. The normalized spacial score (nSPS) is 24.8. The van der Waals surface area contributed by atoms with Crippen molar-refractivity contribution in [3.8, 4) is 5.75 Å². The van der Waals surface area contributed by atoms with Gasteiger partial charge >= 0.3 is 5.97 Å². The van der Waals surface area contributed by atoms with Gasteiger partial charge in [0.15, 0.2) is 0 Å². The van der Waals surface area contributed by atoms with Crippen LogP contribution in [-0.4, -0.2) is 30.2 Å². The topological polar surface area (TPSA) is 84.0 Å². The molecule has 0 saturated carbocycles. The predicted molar refractivity (Wildman–Crippen MR) is 164 cm³/mol. The standard InChI is InChI=1S/C37H30N2O5/c1-20-9-7-10-21(2)34(20)38-19-22(17-29(38)40)37(43)44-24-12-8-11-23(18-24)39-35(41)32-30-25-13-3-4-14-26(25)31(33(32)36(39)42)28-16-6-5-15-27(28)30/h3-16,18,22,30-33H,17,19H2,1-2H3/t22-,30?,31?,32-,33-/m1/s1. The molecule has 5 aliphatic rings. The van der Waals surface area contributed by atoms with E-state index in [0.29, 0.717) is 5.69 Å². The van der Waals surface area contributed by atoms with Gasteiger partial charge in [-0.2, -0.15) is 0 Å². The van der Waals surface area contributed by atoms with E-state index in [4.69, 9.17) is 4.74 Å². The first-order chi connectivity index (χ1) is 21.3. The molecule has 9 rings (SSSR count). The van der Waals surface area contributed by atoms with E-state index < -0.39 is 23.7 Å². The Balaban J connectivity index is 1.06. The van der Waals surface area contributed by atoms with Crippen LogP contribution in [0.3, 0.4) is 0 Å². The molecule has 0 N–H and O–H groups in total. The van der Waals surface area contributed by atoms with Crippen molar-refractivity contribution in [2.75, 3.05) is 16.3 Å². The van der Waals surface area contributed by atoms with Crippen LogP contribution >= 0.6 is 0 Å². The number of benzene rings is 4. The van der Waals surface area contributed by atoms with Crippen molar-refractivity contribution in [3.63, 3.8) is 0 Å². The minimum Gasteiger partial charge on any atom is -0.426 e. The van der Waals surface area contributed by atoms with Gasteiger partial charge < -0.3 is 9.64 Å². The molecule has 0 aromatic heterocycles. The molecule has 2 aliphatic heterocycles. The average molecular weight is 583 g/mol. The molecule has 44 heavy (non-hydrogen) atoms. The number of carbonyl (C=O) groups is 4. The van der Waals surface area contributed by atoms with Crippen LogP contribution < -0.4 is 14.5 Å². The lowest BCUT2D eigenvalue weighted by Gasteiger charge is -2.45. The van der Waals surface area contributed by atoms with Gasteiger partial charge in [0.1, 0.15) is 5.75 Å². The number of hydrogen-bond donors (Lipinski definition) is 0. The summed E-state index contributed by atoms with van der Waals surface area (Å²) in [6.07, 6.45) is 0.0582. The summed E-state index contributed by atoms with van der Waals surface area (Å²) in [6.45, 7) is 4.14. The zero-order chi connectivity index (χ0) is 30.3. The molecule has 2 saturated heterocycles. The summed E-state index contributed by atoms with van der Waals surface area (Å²) in [5.41, 5.74) is 7.62. The van der Waals surface area contributed by atoms with Crippen LogP contribution in [0.4, 0.5) is 11.4 Å². The second-order valence-corrected chi connectivity index (χ2v) is 12.3. The zero-order valence-electron chi connectivity index (χ0n) is 24.4. The van der Waals surface area contributed by atoms with Gasteiger partial charge in [-0.15, -0.1) is 0 Å². The van der Waals surface area contributed by atoms with Gasteiger partial charge in [-0.05, 0) is 59.4 Å². The Bertz CT molecular complexity index is 1780. The van der Waals surface area contributed by atoms with Crippen molar-refractivity contribution in [3.05, 3.63) is 124 Å². The summed E-state index contributed by atoms with van der Waals surface area (Å²) in [5.74, 6) is -2.87. The lowest BCUT2D eigenvalue weighted by molar-refractivity contribution is -0.139. The lowest BCUT2D eigenvalue weighted by atomic mass is 9.55. The number of hydrogen-bond acceptors (Lipinski definition) is 5. The Morgan fingerprint density at radius 3 is 1.77 bits per heavy atom. The van der Waals surface area contributed by atoms with E-state index in [1.54, 1.807) is 29.2 Å². The maximum atomic E-state index is 14.1. The monoisotopic (exact) mass is 582 g/mol. The minimum absolute atomic E-state index is 0.0582. The molecule has 4 aromatic carbocycles. The highest BCUT2D eigenvalue weighted by molar-refractivity contribution is 6.23. The largest absolute Gasteiger partial charge is 0.426 e. The van der Waals surface area contributed by atoms with E-state index in [-0.39, 0.29) is 48.3 Å². The summed E-state index contributed by atoms with van der Waals surface area (Å²) in [7, 11) is 0. The number of anilines is 2. The van der Waals surface area contributed by atoms with Crippen molar-refractivity contribution >= 4 is 35.1 Å². The van der Waals surface area contributed by atoms with E-state index in [9.17, 15) is 19.2 Å². The maximum absolute atomic E-state index is 14.1. The van der Waals surface area contributed by atoms with Crippen LogP contribution in [-0.2, 0) is 19.2 Å². The number of esters is 1. The summed E-state index contributed by atoms with van der Waals surface area (Å²) >= 11 is 0. The van der Waals surface area contributed by atoms with Crippen molar-refractivity contribution in [1.29, 1.82) is 0 Å². The molecule has 218 valence electrons. The Morgan fingerprint density at radius 2 is 1.23 bits per heavy atom. The van der Waals surface area contributed by atoms with E-state index in [0.717, 1.165) is 39.1 Å². The third kappa shape index (κ3) is 3.75. The molecule has 2 heterocycles. The van der Waals surface area contributed by atoms with Crippen molar-refractivity contribution in [2.24, 2.45) is 17.8 Å². The fraction of sp³-hybridized carbons (Fsp3) is 0.243. The smallest absolute Gasteiger partial charge is 0.316 e. The molecular weight excluding hydrogens is 552 g/mol. The number of nitrogens with zero attached hydrogens (tertiary/aromatic N) is 2. The zero-order valence-corrected chi connectivity index (χ0v) is 24.4. The van der Waals surface area contributed by atoms with Gasteiger partial charge in [-0.25, -0.2) is 4.90 Å². The molecule has 0 spiro atoms. The number of ether oxygens (including phenoxy) is 1. The molecule has 3 atom stereocenters. The summed E-state index contributed by atoms with van der Waals surface area (Å²) < 4.78 is 5.77. The maximum Gasteiger partial charge on any atom is 0.316 e. The SMILES string of the molecule is Cc1cccc(C)c1N1C[C@H](C(=O)Oc2cccc(N3C(=O)[C@@H]4C5c6ccccc6C(c6ccccc65)[C@H]4C3=O)c2)CC1=O. The molecule has 7 heteroatoms. The Hall–Kier alpha value is -5.04. The minimum atomic E-state index is -0.629. The quantitative estimate of drug-likeness (QED) is 0.176. The second kappa shape index (κ2) is 9.74. The molecule has 3 amide bonds. The predicted octanol–water partition coefficient (Wildman–Crippen LogP) is 5.66. The molecule has 4 aromatic rings. The first-order valence-corrected chi connectivity index (χ1v) is 15.1. The highest BCUT2D eigenvalue weighted by atomic mass is 16.5. The van der Waals surface area contributed by atoms with Gasteiger partial charge in [0, 0.05) is 36.6 Å². The van der Waals surface area contributed by atoms with Crippen LogP contribution in [0.25, 0.3) is 0 Å². The number of para-hydroxylation sites is 1. The highest BCUT2D eigenvalue weighted by Gasteiger charge is 2.61. The molecular formula is C37H30N2O5. The van der Waals surface area contributed by atoms with Crippen LogP contribution in [0.2, 0.25) is 0 Å². The number of aryl methyl sites for hydroxylation is 2. The molecule has 2 fully saturated rings. The van der Waals surface area contributed by atoms with Crippen LogP contribution in [0, 0.1) is 31.6 Å². The van der Waals surface area contributed by atoms with Crippen LogP contribution in [0.15, 0.2) is 91.0 Å². The van der Waals surface area contributed by atoms with Crippen LogP contribution in [0.1, 0.15) is 51.6 Å². The first kappa shape index (κ1) is 26.6. The van der Waals surface area contributed by atoms with Gasteiger partial charge in [0.25, 0.3) is 0 Å². The van der Waals surface area contributed by atoms with Crippen molar-refractivity contribution in [1.82, 2.24) is 0 Å². The average Bonchev–Trinajstić information content (AvgIpc) is 3.54. The summed E-state index contributed by atoms with van der Waals surface area (Å²) in [4.78, 5) is 57.4. The number of imide groups is 1. The highest BCUT2D eigenvalue weighted by Crippen LogP contribution is 2.61. The summed E-state index contributed by atoms with van der Waals surface area (Å²) in [6, 6.07) is 28.7. The molecule has 2 bridgehead atoms. The van der Waals surface area contributed by atoms with Crippen molar-refractivity contribution in [2.45, 2.75) is 32.1 Å². The molecule has 7 nitrogen and oxygen atoms in total. The molecule has 0 unspecified atom stereocenters. The van der Waals surface area contributed by atoms with Gasteiger partial charge in [0.2, 0.25) is 17.7 Å². The third-order valence-electron chi connectivity index (χ3n) is 9.91. The van der Waals surface area contributed by atoms with Gasteiger partial charge in [0.05, 0.1) is 23.4 Å². The van der Waals surface area contributed by atoms with Gasteiger partial charge in [-0.3, -0.25) is 19.2 Å². The fourth-order valence-electron chi connectivity index (χ4n) is 8.13. The Labute approximate surface area is 255 Å². The number of rotatable bonds is 4.